The molecule has 102 valence electrons. The number of nitrogens with one attached hydrogen (secondary N) is 2. The number of hydrogen-bond donors (Lipinski definition) is 2. The van der Waals surface area contributed by atoms with Crippen LogP contribution in [-0.4, -0.2) is 22.6 Å². The Kier molecular flexibility index (Phi) is 4.11. The average Bonchev–Trinajstić information content (AvgIpc) is 2.41. The van der Waals surface area contributed by atoms with Crippen molar-refractivity contribution in [1.29, 1.82) is 0 Å². The molecule has 11 heteroatoms. The van der Waals surface area contributed by atoms with Crippen LogP contribution in [0.1, 0.15) is 0 Å². The van der Waals surface area contributed by atoms with Gasteiger partial charge in [0.1, 0.15) is 11.0 Å². The number of carbonyl (C=O) groups is 1. The topological polar surface area (TPSA) is 44.9 Å². The minimum absolute atomic E-state index is 0.334. The Balaban J connectivity index is 2.93. The Bertz CT molecular complexity index is 454. The molecular weight excluding hydrogens is 310 g/mol. The normalized spacial score (nSPS) is 12.6. The summed E-state index contributed by atoms with van der Waals surface area (Å²) in [6.45, 7) is 0. The molecule has 0 aliphatic heterocycles. The number of rotatable bonds is 2. The van der Waals surface area contributed by atoms with Crippen molar-refractivity contribution in [2.45, 2.75) is 16.6 Å². The van der Waals surface area contributed by atoms with E-state index in [-0.39, 0.29) is 5.15 Å². The van der Waals surface area contributed by atoms with Gasteiger partial charge in [0.05, 0.1) is 4.90 Å². The Hall–Kier alpha value is -1.03. The predicted molar refractivity (Wildman–Crippen MR) is 52.4 cm³/mol. The highest BCUT2D eigenvalue weighted by atomic mass is 35.5. The summed E-state index contributed by atoms with van der Waals surface area (Å²) in [5.41, 5.74) is -4.72. The second-order valence-corrected chi connectivity index (χ2v) is 4.37. The van der Waals surface area contributed by atoms with Crippen LogP contribution >= 0.6 is 23.4 Å². The second-order valence-electron chi connectivity index (χ2n) is 2.86. The van der Waals surface area contributed by atoms with Gasteiger partial charge in [0.25, 0.3) is 0 Å². The molecule has 1 aromatic heterocycles. The molecule has 0 atom stereocenters. The molecule has 0 saturated carbocycles. The molecule has 18 heavy (non-hydrogen) atoms. The van der Waals surface area contributed by atoms with Crippen LogP contribution in [0.3, 0.4) is 0 Å². The molecular formula is C7H3ClF6N2OS. The maximum Gasteiger partial charge on any atom is 0.471 e. The molecule has 2 N–H and O–H groups in total. The quantitative estimate of drug-likeness (QED) is 0.645. The number of amides is 1. The molecule has 0 aliphatic carbocycles. The summed E-state index contributed by atoms with van der Waals surface area (Å²) in [7, 11) is 0. The van der Waals surface area contributed by atoms with Crippen LogP contribution in [0, 0.1) is 0 Å². The maximum atomic E-state index is 12.1. The Morgan fingerprint density at radius 1 is 1.28 bits per heavy atom. The molecule has 0 radical (unpaired) electrons. The van der Waals surface area contributed by atoms with E-state index in [0.717, 1.165) is 6.07 Å². The third kappa shape index (κ3) is 4.33. The standard InChI is InChI=1S/C7H3ClF6N2OS/c8-3-1-2(18-7(12,13)14)4(15-3)16-5(17)6(9,10)11/h1,15H,(H,16,17). The Morgan fingerprint density at radius 3 is 2.28 bits per heavy atom. The number of carbonyl (C=O) groups excluding carboxylic acids is 1. The lowest BCUT2D eigenvalue weighted by Gasteiger charge is -2.09. The number of alkyl halides is 6. The van der Waals surface area contributed by atoms with E-state index >= 15 is 0 Å². The van der Waals surface area contributed by atoms with E-state index in [2.05, 4.69) is 0 Å². The molecule has 0 spiro atoms. The molecule has 0 bridgehead atoms. The van der Waals surface area contributed by atoms with Gasteiger partial charge in [0.15, 0.2) is 0 Å². The SMILES string of the molecule is O=C(Nc1[nH]c(Cl)cc1SC(F)(F)F)C(F)(F)F. The minimum Gasteiger partial charge on any atom is -0.331 e. The molecule has 1 aromatic rings. The van der Waals surface area contributed by atoms with E-state index in [1.165, 1.54) is 5.32 Å². The molecule has 1 heterocycles. The average molecular weight is 313 g/mol. The first-order valence-corrected chi connectivity index (χ1v) is 5.21. The molecule has 0 aromatic carbocycles. The first kappa shape index (κ1) is 15.0. The third-order valence-electron chi connectivity index (χ3n) is 1.47. The molecule has 0 unspecified atom stereocenters. The second kappa shape index (κ2) is 4.92. The summed E-state index contributed by atoms with van der Waals surface area (Å²) in [4.78, 5) is 11.9. The summed E-state index contributed by atoms with van der Waals surface area (Å²) >= 11 is 4.63. The van der Waals surface area contributed by atoms with Crippen LogP contribution in [-0.2, 0) is 4.79 Å². The molecule has 0 fully saturated rings. The first-order chi connectivity index (χ1) is 7.99. The van der Waals surface area contributed by atoms with Gasteiger partial charge in [0, 0.05) is 0 Å². The molecule has 1 amide bonds. The maximum absolute atomic E-state index is 12.1. The Labute approximate surface area is 105 Å². The summed E-state index contributed by atoms with van der Waals surface area (Å²) < 4.78 is 72.0. The minimum atomic E-state index is -5.21. The number of hydrogen-bond acceptors (Lipinski definition) is 2. The van der Waals surface area contributed by atoms with Crippen LogP contribution in [0.4, 0.5) is 32.2 Å². The third-order valence-corrected chi connectivity index (χ3v) is 2.45. The van der Waals surface area contributed by atoms with Crippen LogP contribution in [0.15, 0.2) is 11.0 Å². The smallest absolute Gasteiger partial charge is 0.331 e. The van der Waals surface area contributed by atoms with Gasteiger partial charge in [0.2, 0.25) is 0 Å². The van der Waals surface area contributed by atoms with Crippen LogP contribution < -0.4 is 5.32 Å². The summed E-state index contributed by atoms with van der Waals surface area (Å²) in [5, 5.41) is 0.935. The lowest BCUT2D eigenvalue weighted by atomic mass is 10.5. The fraction of sp³-hybridized carbons (Fsp3) is 0.286. The number of halogens is 7. The molecule has 0 aliphatic rings. The van der Waals surface area contributed by atoms with E-state index in [1.807, 2.05) is 4.98 Å². The van der Waals surface area contributed by atoms with E-state index < -0.39 is 40.1 Å². The van der Waals surface area contributed by atoms with Gasteiger partial charge in [-0.05, 0) is 17.8 Å². The zero-order valence-corrected chi connectivity index (χ0v) is 9.61. The molecule has 3 nitrogen and oxygen atoms in total. The van der Waals surface area contributed by atoms with Crippen molar-refractivity contribution >= 4 is 35.1 Å². The predicted octanol–water partition coefficient (Wildman–Crippen LogP) is 3.78. The zero-order chi connectivity index (χ0) is 14.1. The van der Waals surface area contributed by atoms with E-state index in [0.29, 0.717) is 0 Å². The zero-order valence-electron chi connectivity index (χ0n) is 8.04. The number of aromatic amines is 1. The van der Waals surface area contributed by atoms with Crippen molar-refractivity contribution in [3.63, 3.8) is 0 Å². The van der Waals surface area contributed by atoms with E-state index in [1.54, 1.807) is 0 Å². The van der Waals surface area contributed by atoms with Gasteiger partial charge in [-0.1, -0.05) is 11.6 Å². The Morgan fingerprint density at radius 2 is 1.83 bits per heavy atom. The van der Waals surface area contributed by atoms with Crippen molar-refractivity contribution in [2.24, 2.45) is 0 Å². The number of H-pyrrole nitrogens is 1. The van der Waals surface area contributed by atoms with Crippen LogP contribution in [0.25, 0.3) is 0 Å². The fourth-order valence-electron chi connectivity index (χ4n) is 0.887. The largest absolute Gasteiger partial charge is 0.471 e. The van der Waals surface area contributed by atoms with Gasteiger partial charge in [-0.25, -0.2) is 0 Å². The van der Waals surface area contributed by atoms with E-state index in [4.69, 9.17) is 11.6 Å². The lowest BCUT2D eigenvalue weighted by molar-refractivity contribution is -0.167. The van der Waals surface area contributed by atoms with Gasteiger partial charge < -0.3 is 10.3 Å². The van der Waals surface area contributed by atoms with Gasteiger partial charge in [-0.3, -0.25) is 4.79 Å². The number of thioether (sulfide) groups is 1. The monoisotopic (exact) mass is 312 g/mol. The summed E-state index contributed by atoms with van der Waals surface area (Å²) in [6.07, 6.45) is -5.21. The highest BCUT2D eigenvalue weighted by Crippen LogP contribution is 2.41. The van der Waals surface area contributed by atoms with Gasteiger partial charge in [-0.15, -0.1) is 0 Å². The van der Waals surface area contributed by atoms with Crippen molar-refractivity contribution in [1.82, 2.24) is 4.98 Å². The summed E-state index contributed by atoms with van der Waals surface area (Å²) in [5.74, 6) is -3.16. The number of anilines is 1. The van der Waals surface area contributed by atoms with Gasteiger partial charge in [-0.2, -0.15) is 26.3 Å². The fourth-order valence-corrected chi connectivity index (χ4v) is 1.79. The van der Waals surface area contributed by atoms with Crippen LogP contribution in [0.2, 0.25) is 5.15 Å². The first-order valence-electron chi connectivity index (χ1n) is 4.01. The van der Waals surface area contributed by atoms with Crippen molar-refractivity contribution in [2.75, 3.05) is 5.32 Å². The summed E-state index contributed by atoms with van der Waals surface area (Å²) in [6, 6.07) is 0.756. The van der Waals surface area contributed by atoms with Crippen molar-refractivity contribution in [3.8, 4) is 0 Å². The van der Waals surface area contributed by atoms with Crippen molar-refractivity contribution in [3.05, 3.63) is 11.2 Å². The lowest BCUT2D eigenvalue weighted by Crippen LogP contribution is -2.30. The van der Waals surface area contributed by atoms with Gasteiger partial charge >= 0.3 is 17.6 Å². The highest BCUT2D eigenvalue weighted by molar-refractivity contribution is 8.00. The van der Waals surface area contributed by atoms with Crippen molar-refractivity contribution < 1.29 is 31.1 Å². The number of aromatic nitrogens is 1. The highest BCUT2D eigenvalue weighted by Gasteiger charge is 2.40. The van der Waals surface area contributed by atoms with Crippen LogP contribution in [0.5, 0.6) is 0 Å². The molecule has 1 rings (SSSR count). The molecule has 0 saturated heterocycles. The van der Waals surface area contributed by atoms with E-state index in [9.17, 15) is 31.1 Å².